The maximum Gasteiger partial charge on any atom is 0.252 e. The fourth-order valence-corrected chi connectivity index (χ4v) is 4.49. The van der Waals surface area contributed by atoms with E-state index in [9.17, 15) is 4.79 Å². The number of fused-ring (bicyclic) bond motifs is 1. The van der Waals surface area contributed by atoms with Crippen molar-refractivity contribution in [3.63, 3.8) is 0 Å². The molecule has 36 heavy (non-hydrogen) atoms. The summed E-state index contributed by atoms with van der Waals surface area (Å²) in [5.41, 5.74) is 3.99. The molecular formula is C30H34ClN3O2. The first-order valence-electron chi connectivity index (χ1n) is 12.7. The molecule has 1 N–H and O–H groups in total. The molecule has 1 heterocycles. The molecule has 1 amide bonds. The summed E-state index contributed by atoms with van der Waals surface area (Å²) in [4.78, 5) is 17.3. The van der Waals surface area contributed by atoms with Crippen molar-refractivity contribution in [1.82, 2.24) is 14.9 Å². The van der Waals surface area contributed by atoms with Crippen LogP contribution in [0.1, 0.15) is 60.8 Å². The summed E-state index contributed by atoms with van der Waals surface area (Å²) in [6, 6.07) is 23.7. The van der Waals surface area contributed by atoms with Crippen LogP contribution in [0.2, 0.25) is 5.02 Å². The minimum atomic E-state index is -0.145. The maximum absolute atomic E-state index is 12.4. The molecule has 5 nitrogen and oxygen atoms in total. The lowest BCUT2D eigenvalue weighted by Gasteiger charge is -2.11. The van der Waals surface area contributed by atoms with E-state index < -0.39 is 0 Å². The van der Waals surface area contributed by atoms with Crippen LogP contribution in [0.25, 0.3) is 11.0 Å². The van der Waals surface area contributed by atoms with Crippen molar-refractivity contribution in [2.75, 3.05) is 13.2 Å². The number of para-hydroxylation sites is 2. The summed E-state index contributed by atoms with van der Waals surface area (Å²) in [5, 5.41) is 3.44. The molecule has 0 spiro atoms. The summed E-state index contributed by atoms with van der Waals surface area (Å²) in [6.07, 6.45) is 3.55. The Kier molecular flexibility index (Phi) is 9.01. The number of hydrogen-bond donors (Lipinski definition) is 1. The van der Waals surface area contributed by atoms with Crippen molar-refractivity contribution >= 4 is 28.5 Å². The van der Waals surface area contributed by atoms with Crippen LogP contribution in [0.5, 0.6) is 5.75 Å². The quantitative estimate of drug-likeness (QED) is 0.211. The highest BCUT2D eigenvalue weighted by atomic mass is 35.5. The molecule has 188 valence electrons. The topological polar surface area (TPSA) is 56.1 Å². The third-order valence-corrected chi connectivity index (χ3v) is 6.64. The highest BCUT2D eigenvalue weighted by Crippen LogP contribution is 2.20. The Labute approximate surface area is 218 Å². The zero-order valence-electron chi connectivity index (χ0n) is 21.0. The molecular weight excluding hydrogens is 470 g/mol. The number of aromatic nitrogens is 2. The number of nitrogens with one attached hydrogen (secondary N) is 1. The lowest BCUT2D eigenvalue weighted by molar-refractivity contribution is 0.0953. The Hall–Kier alpha value is -3.31. The zero-order chi connectivity index (χ0) is 25.3. The van der Waals surface area contributed by atoms with Gasteiger partial charge in [-0.3, -0.25) is 4.79 Å². The molecule has 4 rings (SSSR count). The van der Waals surface area contributed by atoms with E-state index in [4.69, 9.17) is 21.3 Å². The molecule has 0 aliphatic heterocycles. The Balaban J connectivity index is 1.28. The highest BCUT2D eigenvalue weighted by molar-refractivity contribution is 6.33. The molecule has 1 aromatic heterocycles. The third-order valence-electron chi connectivity index (χ3n) is 6.31. The SMILES string of the molecule is CC(C)c1ccc(OCCCCn2c(CCCNC(=O)c3ccccc3Cl)nc3ccccc32)cc1. The number of aryl methyl sites for hydroxylation is 2. The summed E-state index contributed by atoms with van der Waals surface area (Å²) in [6.45, 7) is 6.53. The van der Waals surface area contributed by atoms with Crippen molar-refractivity contribution in [3.8, 4) is 5.75 Å². The van der Waals surface area contributed by atoms with Gasteiger partial charge in [0, 0.05) is 19.5 Å². The Morgan fingerprint density at radius 3 is 2.50 bits per heavy atom. The number of hydrogen-bond acceptors (Lipinski definition) is 3. The zero-order valence-corrected chi connectivity index (χ0v) is 21.8. The van der Waals surface area contributed by atoms with E-state index in [-0.39, 0.29) is 5.91 Å². The lowest BCUT2D eigenvalue weighted by Crippen LogP contribution is -2.25. The summed E-state index contributed by atoms with van der Waals surface area (Å²) >= 11 is 6.13. The van der Waals surface area contributed by atoms with Crippen molar-refractivity contribution in [2.45, 2.75) is 52.0 Å². The van der Waals surface area contributed by atoms with E-state index in [1.807, 2.05) is 18.2 Å². The number of imidazole rings is 1. The Bertz CT molecular complexity index is 1280. The van der Waals surface area contributed by atoms with Crippen LogP contribution in [0, 0.1) is 0 Å². The van der Waals surface area contributed by atoms with Crippen LogP contribution in [-0.2, 0) is 13.0 Å². The Morgan fingerprint density at radius 1 is 0.972 bits per heavy atom. The first-order chi connectivity index (χ1) is 17.5. The molecule has 0 bridgehead atoms. The van der Waals surface area contributed by atoms with Gasteiger partial charge in [-0.15, -0.1) is 0 Å². The molecule has 4 aromatic rings. The second kappa shape index (κ2) is 12.6. The molecule has 0 aliphatic rings. The first kappa shape index (κ1) is 25.8. The number of benzene rings is 3. The number of amides is 1. The molecule has 0 aliphatic carbocycles. The van der Waals surface area contributed by atoms with Gasteiger partial charge in [0.15, 0.2) is 0 Å². The standard InChI is InChI=1S/C30H34ClN3O2/c1-22(2)23-15-17-24(18-16-23)36-21-8-7-20-34-28-13-6-5-12-27(28)33-29(34)14-9-19-32-30(35)25-10-3-4-11-26(25)31/h3-6,10-13,15-18,22H,7-9,14,19-21H2,1-2H3,(H,32,35). The average molecular weight is 504 g/mol. The van der Waals surface area contributed by atoms with Crippen molar-refractivity contribution in [3.05, 3.63) is 94.8 Å². The van der Waals surface area contributed by atoms with E-state index in [0.717, 1.165) is 54.8 Å². The van der Waals surface area contributed by atoms with E-state index in [2.05, 4.69) is 66.2 Å². The van der Waals surface area contributed by atoms with Gasteiger partial charge in [0.2, 0.25) is 0 Å². The fourth-order valence-electron chi connectivity index (χ4n) is 4.27. The van der Waals surface area contributed by atoms with Gasteiger partial charge in [-0.2, -0.15) is 0 Å². The third kappa shape index (κ3) is 6.67. The second-order valence-corrected chi connectivity index (χ2v) is 9.69. The number of carbonyl (C=O) groups is 1. The molecule has 0 saturated heterocycles. The monoisotopic (exact) mass is 503 g/mol. The molecule has 0 saturated carbocycles. The highest BCUT2D eigenvalue weighted by Gasteiger charge is 2.12. The number of halogens is 1. The smallest absolute Gasteiger partial charge is 0.252 e. The molecule has 3 aromatic carbocycles. The Morgan fingerprint density at radius 2 is 1.72 bits per heavy atom. The predicted molar refractivity (Wildman–Crippen MR) is 147 cm³/mol. The van der Waals surface area contributed by atoms with Crippen LogP contribution >= 0.6 is 11.6 Å². The molecule has 0 fully saturated rings. The molecule has 0 atom stereocenters. The second-order valence-electron chi connectivity index (χ2n) is 9.29. The van der Waals surface area contributed by atoms with Crippen LogP contribution in [0.15, 0.2) is 72.8 Å². The van der Waals surface area contributed by atoms with Gasteiger partial charge in [0.05, 0.1) is 28.2 Å². The molecule has 6 heteroatoms. The van der Waals surface area contributed by atoms with Crippen LogP contribution in [0.4, 0.5) is 0 Å². The maximum atomic E-state index is 12.4. The minimum Gasteiger partial charge on any atom is -0.494 e. The average Bonchev–Trinajstić information content (AvgIpc) is 3.24. The van der Waals surface area contributed by atoms with Gasteiger partial charge in [0.1, 0.15) is 11.6 Å². The number of ether oxygens (including phenoxy) is 1. The van der Waals surface area contributed by atoms with E-state index in [0.29, 0.717) is 29.7 Å². The van der Waals surface area contributed by atoms with Crippen molar-refractivity contribution in [1.29, 1.82) is 0 Å². The summed E-state index contributed by atoms with van der Waals surface area (Å²) < 4.78 is 8.26. The predicted octanol–water partition coefficient (Wildman–Crippen LogP) is 7.03. The van der Waals surface area contributed by atoms with Gasteiger partial charge in [0.25, 0.3) is 5.91 Å². The number of nitrogens with zero attached hydrogens (tertiary/aromatic N) is 2. The van der Waals surface area contributed by atoms with Crippen LogP contribution in [0.3, 0.4) is 0 Å². The molecule has 0 unspecified atom stereocenters. The number of carbonyl (C=O) groups excluding carboxylic acids is 1. The van der Waals surface area contributed by atoms with E-state index in [1.165, 1.54) is 5.56 Å². The van der Waals surface area contributed by atoms with Gasteiger partial charge in [-0.25, -0.2) is 4.98 Å². The van der Waals surface area contributed by atoms with E-state index >= 15 is 0 Å². The normalized spacial score (nSPS) is 11.2. The van der Waals surface area contributed by atoms with Crippen LogP contribution in [-0.4, -0.2) is 28.6 Å². The lowest BCUT2D eigenvalue weighted by atomic mass is 10.0. The first-order valence-corrected chi connectivity index (χ1v) is 13.1. The van der Waals surface area contributed by atoms with Gasteiger partial charge in [-0.05, 0) is 67.1 Å². The fraction of sp³-hybridized carbons (Fsp3) is 0.333. The van der Waals surface area contributed by atoms with Gasteiger partial charge in [-0.1, -0.05) is 61.8 Å². The van der Waals surface area contributed by atoms with Crippen molar-refractivity contribution < 1.29 is 9.53 Å². The van der Waals surface area contributed by atoms with Gasteiger partial charge < -0.3 is 14.6 Å². The largest absolute Gasteiger partial charge is 0.494 e. The summed E-state index contributed by atoms with van der Waals surface area (Å²) in [7, 11) is 0. The minimum absolute atomic E-state index is 0.145. The van der Waals surface area contributed by atoms with Crippen molar-refractivity contribution in [2.24, 2.45) is 0 Å². The number of unbranched alkanes of at least 4 members (excludes halogenated alkanes) is 1. The van der Waals surface area contributed by atoms with Gasteiger partial charge >= 0.3 is 0 Å². The molecule has 0 radical (unpaired) electrons. The summed E-state index contributed by atoms with van der Waals surface area (Å²) in [5.74, 6) is 2.35. The van der Waals surface area contributed by atoms with E-state index in [1.54, 1.807) is 12.1 Å². The van der Waals surface area contributed by atoms with Crippen LogP contribution < -0.4 is 10.1 Å². The number of rotatable bonds is 12.